The number of para-hydroxylation sites is 2. The summed E-state index contributed by atoms with van der Waals surface area (Å²) in [6.07, 6.45) is 0. The minimum Gasteiger partial charge on any atom is -0.456 e. The molecular formula is C52H35BN2OS. The minimum atomic E-state index is -0.0686. The maximum absolute atomic E-state index is 6.72. The highest BCUT2D eigenvalue weighted by Gasteiger charge is 2.45. The fourth-order valence-electron chi connectivity index (χ4n) is 10.2. The molecule has 5 heteroatoms. The van der Waals surface area contributed by atoms with Gasteiger partial charge in [-0.3, -0.25) is 0 Å². The molecule has 2 aliphatic rings. The van der Waals surface area contributed by atoms with Gasteiger partial charge in [-0.25, -0.2) is 0 Å². The predicted molar refractivity (Wildman–Crippen MR) is 244 cm³/mol. The van der Waals surface area contributed by atoms with Gasteiger partial charge >= 0.3 is 6.85 Å². The van der Waals surface area contributed by atoms with Gasteiger partial charge in [0, 0.05) is 65.7 Å². The minimum absolute atomic E-state index is 0.0192. The SMILES string of the molecule is CC(C)(C)c1ccc(N2c3cc4oc5ccccc5c4cc3B3c4c2cc2ccccc2c4-c2cccc4c5c6ccccc6sc5n3c24)c(-c2ccccc2)c1. The Morgan fingerprint density at radius 2 is 1.32 bits per heavy atom. The number of fused-ring (bicyclic) bond motifs is 14. The van der Waals surface area contributed by atoms with Crippen LogP contribution in [0.3, 0.4) is 0 Å². The molecule has 3 nitrogen and oxygen atoms in total. The van der Waals surface area contributed by atoms with E-state index in [-0.39, 0.29) is 12.3 Å². The van der Waals surface area contributed by atoms with Gasteiger partial charge in [-0.1, -0.05) is 142 Å². The van der Waals surface area contributed by atoms with Gasteiger partial charge in [0.15, 0.2) is 0 Å². The van der Waals surface area contributed by atoms with Crippen LogP contribution in [0.2, 0.25) is 0 Å². The van der Waals surface area contributed by atoms with E-state index in [0.29, 0.717) is 0 Å². The van der Waals surface area contributed by atoms with Gasteiger partial charge in [-0.05, 0) is 74.1 Å². The maximum atomic E-state index is 6.72. The number of aromatic nitrogens is 1. The van der Waals surface area contributed by atoms with Crippen molar-refractivity contribution in [1.82, 2.24) is 4.48 Å². The van der Waals surface area contributed by atoms with Crippen LogP contribution in [0.1, 0.15) is 26.3 Å². The molecule has 8 aromatic carbocycles. The summed E-state index contributed by atoms with van der Waals surface area (Å²) in [7, 11) is 0. The molecule has 0 atom stereocenters. The van der Waals surface area contributed by atoms with Crippen LogP contribution in [0.25, 0.3) is 86.2 Å². The van der Waals surface area contributed by atoms with E-state index in [0.717, 1.165) is 33.3 Å². The Bertz CT molecular complexity index is 3530. The molecule has 0 N–H and O–H groups in total. The Balaban J connectivity index is 1.24. The van der Waals surface area contributed by atoms with Gasteiger partial charge in [0.1, 0.15) is 11.2 Å². The van der Waals surface area contributed by atoms with Crippen molar-refractivity contribution in [2.75, 3.05) is 4.90 Å². The molecule has 3 aromatic heterocycles. The van der Waals surface area contributed by atoms with Crippen molar-refractivity contribution < 1.29 is 4.42 Å². The van der Waals surface area contributed by atoms with Crippen LogP contribution in [-0.4, -0.2) is 11.3 Å². The molecule has 0 saturated carbocycles. The van der Waals surface area contributed by atoms with E-state index < -0.39 is 0 Å². The van der Waals surface area contributed by atoms with Crippen LogP contribution >= 0.6 is 11.3 Å². The first-order valence-electron chi connectivity index (χ1n) is 19.9. The summed E-state index contributed by atoms with van der Waals surface area (Å²) in [4.78, 5) is 3.89. The Morgan fingerprint density at radius 3 is 2.18 bits per heavy atom. The molecule has 0 radical (unpaired) electrons. The van der Waals surface area contributed by atoms with Crippen molar-refractivity contribution >= 4 is 110 Å². The zero-order chi connectivity index (χ0) is 37.7. The van der Waals surface area contributed by atoms with Gasteiger partial charge in [0.05, 0.1) is 10.5 Å². The van der Waals surface area contributed by atoms with Crippen LogP contribution in [0.15, 0.2) is 162 Å². The van der Waals surface area contributed by atoms with Crippen molar-refractivity contribution in [2.24, 2.45) is 0 Å². The number of anilines is 3. The predicted octanol–water partition coefficient (Wildman–Crippen LogP) is 13.4. The molecular weight excluding hydrogens is 711 g/mol. The molecule has 0 fully saturated rings. The second kappa shape index (κ2) is 11.1. The normalized spacial score (nSPS) is 13.5. The fourth-order valence-corrected chi connectivity index (χ4v) is 11.4. The molecule has 0 unspecified atom stereocenters. The highest BCUT2D eigenvalue weighted by atomic mass is 32.1. The van der Waals surface area contributed by atoms with E-state index in [2.05, 4.69) is 188 Å². The topological polar surface area (TPSA) is 21.3 Å². The monoisotopic (exact) mass is 746 g/mol. The van der Waals surface area contributed by atoms with Crippen LogP contribution < -0.4 is 15.8 Å². The summed E-state index contributed by atoms with van der Waals surface area (Å²) in [6, 6.07) is 58.7. The van der Waals surface area contributed by atoms with E-state index in [9.17, 15) is 0 Å². The lowest BCUT2D eigenvalue weighted by Crippen LogP contribution is -2.56. The fraction of sp³-hybridized carbons (Fsp3) is 0.0769. The molecule has 2 aliphatic heterocycles. The quantitative estimate of drug-likeness (QED) is 0.164. The largest absolute Gasteiger partial charge is 0.456 e. The standard InChI is InChI=1S/C52H35BN2OS/c1-52(2,3)32-24-25-41(38(27-32)30-14-5-4-6-15-30)54-42-29-45-39(34-18-9-11-22-44(34)56-45)28-40(42)53-49-43(54)26-31-16-7-8-17-33(31)47(49)36-20-13-21-37-48-35-19-10-12-23-46(35)57-51(48)55(53)50(36)37/h4-29H,1-3H3. The van der Waals surface area contributed by atoms with Gasteiger partial charge in [-0.2, -0.15) is 0 Å². The Labute approximate surface area is 334 Å². The zero-order valence-corrected chi connectivity index (χ0v) is 32.6. The molecule has 0 saturated heterocycles. The van der Waals surface area contributed by atoms with Crippen LogP contribution in [-0.2, 0) is 5.41 Å². The van der Waals surface area contributed by atoms with E-state index in [1.54, 1.807) is 0 Å². The number of furan rings is 1. The smallest absolute Gasteiger partial charge is 0.333 e. The van der Waals surface area contributed by atoms with Gasteiger partial charge in [-0.15, -0.1) is 11.3 Å². The van der Waals surface area contributed by atoms with Crippen molar-refractivity contribution in [3.63, 3.8) is 0 Å². The van der Waals surface area contributed by atoms with E-state index in [4.69, 9.17) is 4.42 Å². The van der Waals surface area contributed by atoms with Crippen molar-refractivity contribution in [3.8, 4) is 22.3 Å². The molecule has 268 valence electrons. The van der Waals surface area contributed by atoms with E-state index in [1.165, 1.54) is 86.4 Å². The first-order valence-corrected chi connectivity index (χ1v) is 20.7. The van der Waals surface area contributed by atoms with Gasteiger partial charge in [0.25, 0.3) is 0 Å². The molecule has 13 rings (SSSR count). The van der Waals surface area contributed by atoms with Crippen LogP contribution in [0.5, 0.6) is 0 Å². The molecule has 0 bridgehead atoms. The summed E-state index contributed by atoms with van der Waals surface area (Å²) in [6.45, 7) is 6.85. The second-order valence-corrected chi connectivity index (χ2v) is 17.9. The van der Waals surface area contributed by atoms with E-state index >= 15 is 0 Å². The van der Waals surface area contributed by atoms with Crippen LogP contribution in [0.4, 0.5) is 17.1 Å². The second-order valence-electron chi connectivity index (χ2n) is 16.8. The number of rotatable bonds is 2. The summed E-state index contributed by atoms with van der Waals surface area (Å²) >= 11 is 1.92. The third-order valence-corrected chi connectivity index (χ3v) is 13.9. The number of hydrogen-bond donors (Lipinski definition) is 0. The zero-order valence-electron chi connectivity index (χ0n) is 31.8. The highest BCUT2D eigenvalue weighted by Crippen LogP contribution is 2.52. The average molecular weight is 747 g/mol. The summed E-state index contributed by atoms with van der Waals surface area (Å²) in [5.74, 6) is 0. The summed E-state index contributed by atoms with van der Waals surface area (Å²) in [5, 5.41) is 8.83. The molecule has 11 aromatic rings. The molecule has 57 heavy (non-hydrogen) atoms. The Kier molecular flexibility index (Phi) is 6.14. The van der Waals surface area contributed by atoms with Crippen molar-refractivity contribution in [1.29, 1.82) is 0 Å². The first-order chi connectivity index (χ1) is 27.9. The molecule has 0 amide bonds. The third-order valence-electron chi connectivity index (χ3n) is 12.7. The Morgan fingerprint density at radius 1 is 0.561 bits per heavy atom. The number of benzene rings is 8. The summed E-state index contributed by atoms with van der Waals surface area (Å²) in [5.41, 5.74) is 15.6. The maximum Gasteiger partial charge on any atom is 0.333 e. The van der Waals surface area contributed by atoms with Crippen molar-refractivity contribution in [3.05, 3.63) is 163 Å². The first kappa shape index (κ1) is 31.6. The number of thiophene rings is 1. The van der Waals surface area contributed by atoms with E-state index in [1.807, 2.05) is 11.3 Å². The highest BCUT2D eigenvalue weighted by molar-refractivity contribution is 7.26. The van der Waals surface area contributed by atoms with Crippen molar-refractivity contribution in [2.45, 2.75) is 26.2 Å². The van der Waals surface area contributed by atoms with Gasteiger partial charge in [0.2, 0.25) is 0 Å². The lowest BCUT2D eigenvalue weighted by molar-refractivity contribution is 0.590. The summed E-state index contributed by atoms with van der Waals surface area (Å²) < 4.78 is 10.8. The number of nitrogens with zero attached hydrogens (tertiary/aromatic N) is 2. The molecule has 0 spiro atoms. The van der Waals surface area contributed by atoms with Crippen LogP contribution in [0, 0.1) is 0 Å². The average Bonchev–Trinajstić information content (AvgIpc) is 3.90. The lowest BCUT2D eigenvalue weighted by Gasteiger charge is -2.41. The third kappa shape index (κ3) is 4.17. The van der Waals surface area contributed by atoms with Gasteiger partial charge < -0.3 is 13.8 Å². The molecule has 5 heterocycles. The Hall–Kier alpha value is -6.56. The number of hydrogen-bond acceptors (Lipinski definition) is 3. The lowest BCUT2D eigenvalue weighted by atomic mass is 9.44. The molecule has 0 aliphatic carbocycles.